The van der Waals surface area contributed by atoms with Gasteiger partial charge in [0.15, 0.2) is 0 Å². The van der Waals surface area contributed by atoms with Crippen molar-refractivity contribution in [3.63, 3.8) is 0 Å². The summed E-state index contributed by atoms with van der Waals surface area (Å²) in [7, 11) is 0. The summed E-state index contributed by atoms with van der Waals surface area (Å²) < 4.78 is 0. The zero-order valence-corrected chi connectivity index (χ0v) is 15.6. The number of hydrogen-bond acceptors (Lipinski definition) is 3. The van der Waals surface area contributed by atoms with E-state index in [0.29, 0.717) is 5.56 Å². The van der Waals surface area contributed by atoms with Crippen LogP contribution in [0.1, 0.15) is 15.9 Å². The fourth-order valence-corrected chi connectivity index (χ4v) is 3.81. The van der Waals surface area contributed by atoms with E-state index in [9.17, 15) is 4.79 Å². The molecular weight excluding hydrogens is 346 g/mol. The predicted molar refractivity (Wildman–Crippen MR) is 109 cm³/mol. The quantitative estimate of drug-likeness (QED) is 0.547. The first kappa shape index (κ1) is 17.6. The second kappa shape index (κ2) is 8.79. The number of rotatable bonds is 6. The number of anilines is 1. The molecule has 0 aromatic heterocycles. The van der Waals surface area contributed by atoms with Crippen LogP contribution >= 0.6 is 23.5 Å². The van der Waals surface area contributed by atoms with Gasteiger partial charge in [-0.05, 0) is 48.2 Å². The number of carbonyl (C=O) groups excluding carboxylic acids is 1. The molecular formula is C21H19NOS2. The van der Waals surface area contributed by atoms with E-state index in [0.717, 1.165) is 16.3 Å². The van der Waals surface area contributed by atoms with Gasteiger partial charge in [-0.3, -0.25) is 4.79 Å². The van der Waals surface area contributed by atoms with Crippen LogP contribution in [0.4, 0.5) is 5.69 Å². The van der Waals surface area contributed by atoms with Gasteiger partial charge < -0.3 is 5.32 Å². The first-order valence-electron chi connectivity index (χ1n) is 7.97. The maximum absolute atomic E-state index is 12.4. The van der Waals surface area contributed by atoms with E-state index in [4.69, 9.17) is 0 Å². The van der Waals surface area contributed by atoms with Gasteiger partial charge in [-0.1, -0.05) is 42.5 Å². The Bertz CT molecular complexity index is 832. The minimum absolute atomic E-state index is 0.0798. The summed E-state index contributed by atoms with van der Waals surface area (Å²) in [6.45, 7) is 0. The lowest BCUT2D eigenvalue weighted by molar-refractivity contribution is 0.102. The highest BCUT2D eigenvalue weighted by Gasteiger charge is 2.08. The van der Waals surface area contributed by atoms with Crippen molar-refractivity contribution < 1.29 is 4.79 Å². The van der Waals surface area contributed by atoms with Crippen molar-refractivity contribution in [1.29, 1.82) is 0 Å². The minimum atomic E-state index is -0.0798. The average molecular weight is 366 g/mol. The molecule has 2 nitrogen and oxygen atoms in total. The molecule has 4 heteroatoms. The molecule has 0 aliphatic carbocycles. The van der Waals surface area contributed by atoms with E-state index in [-0.39, 0.29) is 5.91 Å². The van der Waals surface area contributed by atoms with Crippen molar-refractivity contribution in [1.82, 2.24) is 0 Å². The second-order valence-electron chi connectivity index (χ2n) is 5.45. The van der Waals surface area contributed by atoms with Gasteiger partial charge in [-0.2, -0.15) is 0 Å². The third kappa shape index (κ3) is 4.91. The van der Waals surface area contributed by atoms with Gasteiger partial charge in [0, 0.05) is 21.1 Å². The fourth-order valence-electron chi connectivity index (χ4n) is 2.38. The Morgan fingerprint density at radius 2 is 1.56 bits per heavy atom. The number of benzene rings is 3. The van der Waals surface area contributed by atoms with Crippen LogP contribution in [0, 0.1) is 0 Å². The molecule has 0 spiro atoms. The smallest absolute Gasteiger partial charge is 0.255 e. The molecule has 0 radical (unpaired) electrons. The highest BCUT2D eigenvalue weighted by atomic mass is 32.2. The third-order valence-corrected chi connectivity index (χ3v) is 5.60. The van der Waals surface area contributed by atoms with Crippen molar-refractivity contribution in [2.45, 2.75) is 15.5 Å². The Labute approximate surface area is 157 Å². The molecule has 0 atom stereocenters. The van der Waals surface area contributed by atoms with Gasteiger partial charge in [0.25, 0.3) is 5.91 Å². The van der Waals surface area contributed by atoms with Crippen LogP contribution in [0.15, 0.2) is 88.7 Å². The molecule has 3 aromatic carbocycles. The molecule has 0 fully saturated rings. The Kier molecular flexibility index (Phi) is 6.20. The average Bonchev–Trinajstić information content (AvgIpc) is 2.68. The molecule has 25 heavy (non-hydrogen) atoms. The molecule has 0 aliphatic rings. The molecule has 0 bridgehead atoms. The van der Waals surface area contributed by atoms with Gasteiger partial charge in [-0.25, -0.2) is 0 Å². The van der Waals surface area contributed by atoms with Crippen molar-refractivity contribution in [3.05, 3.63) is 90.0 Å². The normalized spacial score (nSPS) is 10.4. The van der Waals surface area contributed by atoms with Crippen molar-refractivity contribution in [3.8, 4) is 0 Å². The van der Waals surface area contributed by atoms with E-state index in [1.807, 2.05) is 73.0 Å². The first-order valence-corrected chi connectivity index (χ1v) is 10.2. The van der Waals surface area contributed by atoms with Gasteiger partial charge in [0.1, 0.15) is 0 Å². The van der Waals surface area contributed by atoms with Crippen LogP contribution in [0.3, 0.4) is 0 Å². The van der Waals surface area contributed by atoms with Crippen LogP contribution < -0.4 is 5.32 Å². The summed E-state index contributed by atoms with van der Waals surface area (Å²) in [6, 6.07) is 26.0. The molecule has 0 heterocycles. The number of nitrogens with one attached hydrogen (secondary N) is 1. The Hall–Kier alpha value is -2.17. The molecule has 126 valence electrons. The van der Waals surface area contributed by atoms with Gasteiger partial charge in [0.05, 0.1) is 5.69 Å². The first-order chi connectivity index (χ1) is 12.3. The Morgan fingerprint density at radius 1 is 0.880 bits per heavy atom. The van der Waals surface area contributed by atoms with Gasteiger partial charge >= 0.3 is 0 Å². The Morgan fingerprint density at radius 3 is 2.28 bits per heavy atom. The number of amides is 1. The number of carbonyl (C=O) groups is 1. The molecule has 1 N–H and O–H groups in total. The fraction of sp³-hybridized carbons (Fsp3) is 0.0952. The molecule has 0 saturated heterocycles. The maximum atomic E-state index is 12.4. The van der Waals surface area contributed by atoms with Crippen LogP contribution in [-0.2, 0) is 5.75 Å². The van der Waals surface area contributed by atoms with Crippen LogP contribution in [0.2, 0.25) is 0 Å². The van der Waals surface area contributed by atoms with Crippen LogP contribution in [-0.4, -0.2) is 12.2 Å². The van der Waals surface area contributed by atoms with Crippen molar-refractivity contribution in [2.75, 3.05) is 11.6 Å². The monoisotopic (exact) mass is 365 g/mol. The van der Waals surface area contributed by atoms with Gasteiger partial charge in [0.2, 0.25) is 0 Å². The summed E-state index contributed by atoms with van der Waals surface area (Å²) in [5, 5.41) is 2.99. The largest absolute Gasteiger partial charge is 0.321 e. The van der Waals surface area contributed by atoms with Crippen LogP contribution in [0.25, 0.3) is 0 Å². The second-order valence-corrected chi connectivity index (χ2v) is 7.35. The molecule has 3 rings (SSSR count). The minimum Gasteiger partial charge on any atom is -0.321 e. The lowest BCUT2D eigenvalue weighted by atomic mass is 10.1. The van der Waals surface area contributed by atoms with E-state index in [2.05, 4.69) is 17.4 Å². The number of hydrogen-bond donors (Lipinski definition) is 1. The summed E-state index contributed by atoms with van der Waals surface area (Å²) >= 11 is 3.41. The van der Waals surface area contributed by atoms with E-state index >= 15 is 0 Å². The van der Waals surface area contributed by atoms with Gasteiger partial charge in [-0.15, -0.1) is 23.5 Å². The lowest BCUT2D eigenvalue weighted by Crippen LogP contribution is -2.12. The summed E-state index contributed by atoms with van der Waals surface area (Å²) in [5.41, 5.74) is 2.72. The molecule has 0 saturated carbocycles. The molecule has 0 unspecified atom stereocenters. The summed E-state index contributed by atoms with van der Waals surface area (Å²) in [6.07, 6.45) is 2.00. The molecule has 0 aliphatic heterocycles. The highest BCUT2D eigenvalue weighted by molar-refractivity contribution is 7.98. The Balaban J connectivity index is 1.62. The summed E-state index contributed by atoms with van der Waals surface area (Å²) in [5.74, 6) is 0.810. The highest BCUT2D eigenvalue weighted by Crippen LogP contribution is 2.25. The maximum Gasteiger partial charge on any atom is 0.255 e. The van der Waals surface area contributed by atoms with E-state index in [1.165, 1.54) is 10.5 Å². The number of thioether (sulfide) groups is 2. The van der Waals surface area contributed by atoms with Crippen molar-refractivity contribution >= 4 is 35.1 Å². The number of para-hydroxylation sites is 1. The topological polar surface area (TPSA) is 29.1 Å². The van der Waals surface area contributed by atoms with E-state index < -0.39 is 0 Å². The predicted octanol–water partition coefficient (Wildman–Crippen LogP) is 5.95. The van der Waals surface area contributed by atoms with Crippen molar-refractivity contribution in [2.24, 2.45) is 0 Å². The third-order valence-electron chi connectivity index (χ3n) is 3.72. The zero-order valence-electron chi connectivity index (χ0n) is 13.9. The zero-order chi connectivity index (χ0) is 17.5. The van der Waals surface area contributed by atoms with E-state index in [1.54, 1.807) is 23.5 Å². The standard InChI is InChI=1S/C21H19NOS2/c1-24-20-10-6-5-9-19(20)22-21(23)17-13-11-16(12-14-17)15-25-18-7-3-2-4-8-18/h2-14H,15H2,1H3,(H,22,23). The SMILES string of the molecule is CSc1ccccc1NC(=O)c1ccc(CSc2ccccc2)cc1. The lowest BCUT2D eigenvalue weighted by Gasteiger charge is -2.09. The molecule has 3 aromatic rings. The summed E-state index contributed by atoms with van der Waals surface area (Å²) in [4.78, 5) is 14.8. The molecule has 1 amide bonds. The van der Waals surface area contributed by atoms with Crippen LogP contribution in [0.5, 0.6) is 0 Å².